The second-order valence-electron chi connectivity index (χ2n) is 3.34. The molecule has 0 saturated heterocycles. The van der Waals surface area contributed by atoms with E-state index in [0.717, 1.165) is 10.1 Å². The van der Waals surface area contributed by atoms with Crippen molar-refractivity contribution in [2.75, 3.05) is 12.4 Å². The van der Waals surface area contributed by atoms with E-state index in [-0.39, 0.29) is 0 Å². The highest BCUT2D eigenvalue weighted by Gasteiger charge is 2.09. The van der Waals surface area contributed by atoms with Gasteiger partial charge in [0.25, 0.3) is 0 Å². The maximum absolute atomic E-state index is 8.93. The van der Waals surface area contributed by atoms with Crippen LogP contribution in [0.1, 0.15) is 0 Å². The number of hydrogen-bond donors (Lipinski definition) is 2. The lowest BCUT2D eigenvalue weighted by atomic mass is 9.80. The maximum Gasteiger partial charge on any atom is 0.488 e. The van der Waals surface area contributed by atoms with Crippen LogP contribution >= 0.6 is 23.1 Å². The Balaban J connectivity index is 1.73. The number of ether oxygens (including phenoxy) is 1. The summed E-state index contributed by atoms with van der Waals surface area (Å²) in [6.45, 7) is 0.561. The van der Waals surface area contributed by atoms with Gasteiger partial charge in [0.2, 0.25) is 0 Å². The number of aromatic nitrogens is 2. The Hall–Kier alpha value is -1.09. The second-order valence-corrected chi connectivity index (χ2v) is 5.52. The van der Waals surface area contributed by atoms with Gasteiger partial charge in [0.05, 0.1) is 6.61 Å². The smallest absolute Gasteiger partial charge is 0.488 e. The van der Waals surface area contributed by atoms with Crippen molar-refractivity contribution in [2.45, 2.75) is 4.34 Å². The van der Waals surface area contributed by atoms with Gasteiger partial charge in [0.1, 0.15) is 11.3 Å². The average molecular weight is 282 g/mol. The minimum Gasteiger partial charge on any atom is -0.493 e. The Labute approximate surface area is 113 Å². The van der Waals surface area contributed by atoms with Crippen LogP contribution in [0.15, 0.2) is 34.1 Å². The van der Waals surface area contributed by atoms with E-state index < -0.39 is 7.12 Å². The van der Waals surface area contributed by atoms with E-state index in [1.54, 1.807) is 41.5 Å². The molecule has 0 fully saturated rings. The molecule has 0 aliphatic rings. The van der Waals surface area contributed by atoms with Crippen molar-refractivity contribution < 1.29 is 14.8 Å². The molecular formula is C10H11BN2O3S2. The van der Waals surface area contributed by atoms with Crippen LogP contribution in [0.2, 0.25) is 0 Å². The minimum atomic E-state index is -1.44. The van der Waals surface area contributed by atoms with Crippen LogP contribution < -0.4 is 10.2 Å². The monoisotopic (exact) mass is 282 g/mol. The lowest BCUT2D eigenvalue weighted by molar-refractivity contribution is 0.344. The predicted octanol–water partition coefficient (Wildman–Crippen LogP) is 0.389. The first-order valence-electron chi connectivity index (χ1n) is 5.23. The molecule has 94 valence electrons. The third-order valence-electron chi connectivity index (χ3n) is 2.10. The van der Waals surface area contributed by atoms with Crippen molar-refractivity contribution in [3.05, 3.63) is 29.8 Å². The number of nitrogens with zero attached hydrogens (tertiary/aromatic N) is 2. The molecule has 0 bridgehead atoms. The van der Waals surface area contributed by atoms with Crippen molar-refractivity contribution in [1.82, 2.24) is 10.2 Å². The Bertz CT molecular complexity index is 464. The molecule has 0 unspecified atom stereocenters. The molecule has 2 N–H and O–H groups in total. The molecule has 5 nitrogen and oxygen atoms in total. The van der Waals surface area contributed by atoms with Crippen molar-refractivity contribution in [3.8, 4) is 5.75 Å². The fraction of sp³-hybridized carbons (Fsp3) is 0.200. The first kappa shape index (κ1) is 13.3. The molecule has 0 radical (unpaired) electrons. The van der Waals surface area contributed by atoms with E-state index in [1.807, 2.05) is 0 Å². The Kier molecular flexibility index (Phi) is 5.00. The summed E-state index contributed by atoms with van der Waals surface area (Å²) in [5.41, 5.74) is 2.15. The van der Waals surface area contributed by atoms with Crippen molar-refractivity contribution >= 4 is 35.7 Å². The van der Waals surface area contributed by atoms with E-state index in [1.165, 1.54) is 11.3 Å². The fourth-order valence-electron chi connectivity index (χ4n) is 1.25. The highest BCUT2D eigenvalue weighted by Crippen LogP contribution is 2.18. The van der Waals surface area contributed by atoms with E-state index in [2.05, 4.69) is 10.2 Å². The average Bonchev–Trinajstić information content (AvgIpc) is 2.88. The van der Waals surface area contributed by atoms with E-state index in [0.29, 0.717) is 17.8 Å². The molecular weight excluding hydrogens is 271 g/mol. The Morgan fingerprint density at radius 1 is 1.28 bits per heavy atom. The summed E-state index contributed by atoms with van der Waals surface area (Å²) in [7, 11) is -1.44. The largest absolute Gasteiger partial charge is 0.493 e. The molecule has 1 aromatic heterocycles. The topological polar surface area (TPSA) is 75.5 Å². The van der Waals surface area contributed by atoms with Gasteiger partial charge in [-0.2, -0.15) is 0 Å². The van der Waals surface area contributed by atoms with Gasteiger partial charge >= 0.3 is 7.12 Å². The number of benzene rings is 1. The van der Waals surface area contributed by atoms with Gasteiger partial charge in [-0.15, -0.1) is 10.2 Å². The van der Waals surface area contributed by atoms with Crippen molar-refractivity contribution in [3.63, 3.8) is 0 Å². The SMILES string of the molecule is OB(O)c1ccc(OCCSc2nncs2)cc1. The molecule has 1 aromatic carbocycles. The van der Waals surface area contributed by atoms with Crippen LogP contribution in [0.5, 0.6) is 5.75 Å². The lowest BCUT2D eigenvalue weighted by Crippen LogP contribution is -2.29. The van der Waals surface area contributed by atoms with Crippen LogP contribution in [-0.4, -0.2) is 39.7 Å². The van der Waals surface area contributed by atoms with Crippen LogP contribution in [-0.2, 0) is 0 Å². The van der Waals surface area contributed by atoms with Gasteiger partial charge in [-0.1, -0.05) is 35.2 Å². The number of rotatable bonds is 6. The highest BCUT2D eigenvalue weighted by molar-refractivity contribution is 8.01. The van der Waals surface area contributed by atoms with Crippen molar-refractivity contribution in [2.24, 2.45) is 0 Å². The molecule has 0 aliphatic heterocycles. The zero-order valence-electron chi connectivity index (χ0n) is 9.39. The highest BCUT2D eigenvalue weighted by atomic mass is 32.2. The maximum atomic E-state index is 8.93. The molecule has 2 rings (SSSR count). The summed E-state index contributed by atoms with van der Waals surface area (Å²) in [4.78, 5) is 0. The fourth-order valence-corrected chi connectivity index (χ4v) is 2.63. The van der Waals surface area contributed by atoms with Gasteiger partial charge in [-0.25, -0.2) is 0 Å². The first-order valence-corrected chi connectivity index (χ1v) is 7.10. The first-order chi connectivity index (χ1) is 8.75. The van der Waals surface area contributed by atoms with Gasteiger partial charge in [-0.3, -0.25) is 0 Å². The molecule has 8 heteroatoms. The quantitative estimate of drug-likeness (QED) is 0.453. The third-order valence-corrected chi connectivity index (χ3v) is 3.92. The lowest BCUT2D eigenvalue weighted by Gasteiger charge is -2.06. The molecule has 1 heterocycles. The molecule has 0 amide bonds. The summed E-state index contributed by atoms with van der Waals surface area (Å²) >= 11 is 3.10. The van der Waals surface area contributed by atoms with E-state index in [9.17, 15) is 0 Å². The number of hydrogen-bond acceptors (Lipinski definition) is 7. The molecule has 0 aliphatic carbocycles. The summed E-state index contributed by atoms with van der Waals surface area (Å²) in [5.74, 6) is 1.50. The summed E-state index contributed by atoms with van der Waals surface area (Å²) in [6, 6.07) is 6.67. The van der Waals surface area contributed by atoms with Crippen molar-refractivity contribution in [1.29, 1.82) is 0 Å². The molecule has 2 aromatic rings. The molecule has 0 atom stereocenters. The van der Waals surface area contributed by atoms with Crippen LogP contribution in [0, 0.1) is 0 Å². The summed E-state index contributed by atoms with van der Waals surface area (Å²) in [5, 5.41) is 25.5. The molecule has 0 saturated carbocycles. The molecule has 18 heavy (non-hydrogen) atoms. The van der Waals surface area contributed by atoms with Crippen LogP contribution in [0.3, 0.4) is 0 Å². The van der Waals surface area contributed by atoms with Crippen LogP contribution in [0.25, 0.3) is 0 Å². The number of thioether (sulfide) groups is 1. The summed E-state index contributed by atoms with van der Waals surface area (Å²) < 4.78 is 6.44. The van der Waals surface area contributed by atoms with Gasteiger partial charge in [0, 0.05) is 5.75 Å². The van der Waals surface area contributed by atoms with Crippen LogP contribution in [0.4, 0.5) is 0 Å². The normalized spacial score (nSPS) is 10.3. The predicted molar refractivity (Wildman–Crippen MR) is 72.4 cm³/mol. The Morgan fingerprint density at radius 2 is 2.06 bits per heavy atom. The minimum absolute atomic E-state index is 0.450. The zero-order chi connectivity index (χ0) is 12.8. The third kappa shape index (κ3) is 3.99. The van der Waals surface area contributed by atoms with E-state index in [4.69, 9.17) is 14.8 Å². The van der Waals surface area contributed by atoms with Gasteiger partial charge in [0.15, 0.2) is 4.34 Å². The van der Waals surface area contributed by atoms with E-state index >= 15 is 0 Å². The Morgan fingerprint density at radius 3 is 2.67 bits per heavy atom. The molecule has 0 spiro atoms. The van der Waals surface area contributed by atoms with Gasteiger partial charge in [-0.05, 0) is 17.6 Å². The zero-order valence-corrected chi connectivity index (χ0v) is 11.0. The second kappa shape index (κ2) is 6.74. The standard InChI is InChI=1S/C10H11BN2O3S2/c14-11(15)8-1-3-9(4-2-8)16-5-6-17-10-13-12-7-18-10/h1-4,7,14-15H,5-6H2. The summed E-state index contributed by atoms with van der Waals surface area (Å²) in [6.07, 6.45) is 0. The van der Waals surface area contributed by atoms with Gasteiger partial charge < -0.3 is 14.8 Å².